The highest BCUT2D eigenvalue weighted by Crippen LogP contribution is 2.56. The van der Waals surface area contributed by atoms with Crippen LogP contribution < -0.4 is 5.73 Å². The smallest absolute Gasteiger partial charge is 0.227 e. The minimum atomic E-state index is 0. The Hall–Kier alpha value is -1.88. The maximum atomic E-state index is 6.58. The molecule has 1 aromatic heterocycles. The predicted molar refractivity (Wildman–Crippen MR) is 116 cm³/mol. The van der Waals surface area contributed by atoms with Gasteiger partial charge in [-0.25, -0.2) is 4.98 Å². The van der Waals surface area contributed by atoms with E-state index < -0.39 is 0 Å². The summed E-state index contributed by atoms with van der Waals surface area (Å²) in [5.74, 6) is 2.85. The van der Waals surface area contributed by atoms with E-state index in [1.165, 1.54) is 24.8 Å². The van der Waals surface area contributed by atoms with Gasteiger partial charge >= 0.3 is 0 Å². The van der Waals surface area contributed by atoms with Crippen LogP contribution in [0.15, 0.2) is 52.9 Å². The van der Waals surface area contributed by atoms with Crippen LogP contribution in [0, 0.1) is 17.8 Å². The molecule has 152 valence electrons. The predicted octanol–water partition coefficient (Wildman–Crippen LogP) is 5.34. The van der Waals surface area contributed by atoms with E-state index in [9.17, 15) is 0 Å². The monoisotopic (exact) mass is 410 g/mol. The number of nitrogens with two attached hydrogens (primary N) is 1. The molecule has 2 unspecified atom stereocenters. The van der Waals surface area contributed by atoms with E-state index in [0.29, 0.717) is 30.4 Å². The van der Waals surface area contributed by atoms with Crippen LogP contribution in [0.3, 0.4) is 0 Å². The Kier molecular flexibility index (Phi) is 4.69. The van der Waals surface area contributed by atoms with Gasteiger partial charge in [0, 0.05) is 11.6 Å². The van der Waals surface area contributed by atoms with E-state index >= 15 is 0 Å². The first-order valence-electron chi connectivity index (χ1n) is 10.5. The van der Waals surface area contributed by atoms with Crippen LogP contribution in [0.1, 0.15) is 37.7 Å². The molecule has 4 fully saturated rings. The Labute approximate surface area is 177 Å². The molecule has 0 radical (unpaired) electrons. The molecule has 4 saturated carbocycles. The number of fused-ring (bicyclic) bond motifs is 1. The summed E-state index contributed by atoms with van der Waals surface area (Å²) in [6, 6.07) is 16.7. The molecule has 2 N–H and O–H groups in total. The van der Waals surface area contributed by atoms with Crippen molar-refractivity contribution in [3.05, 3.63) is 54.1 Å². The zero-order valence-electron chi connectivity index (χ0n) is 16.4. The van der Waals surface area contributed by atoms with Crippen molar-refractivity contribution in [3.8, 4) is 11.5 Å². The number of oxazole rings is 1. The summed E-state index contributed by atoms with van der Waals surface area (Å²) in [7, 11) is 0. The van der Waals surface area contributed by atoms with Crippen molar-refractivity contribution in [2.24, 2.45) is 23.5 Å². The lowest BCUT2D eigenvalue weighted by Crippen LogP contribution is -2.60. The van der Waals surface area contributed by atoms with Crippen molar-refractivity contribution in [2.75, 3.05) is 0 Å². The van der Waals surface area contributed by atoms with Crippen molar-refractivity contribution in [2.45, 2.75) is 50.4 Å². The molecule has 4 bridgehead atoms. The fourth-order valence-corrected chi connectivity index (χ4v) is 6.14. The number of hydrogen-bond donors (Lipinski definition) is 1. The summed E-state index contributed by atoms with van der Waals surface area (Å²) in [4.78, 5) is 4.58. The van der Waals surface area contributed by atoms with Crippen molar-refractivity contribution in [3.63, 3.8) is 0 Å². The molecule has 3 aromatic rings. The van der Waals surface area contributed by atoms with Crippen LogP contribution in [-0.2, 0) is 11.3 Å². The second kappa shape index (κ2) is 7.12. The van der Waals surface area contributed by atoms with Gasteiger partial charge in [-0.1, -0.05) is 24.3 Å². The fraction of sp³-hybridized carbons (Fsp3) is 0.458. The number of aromatic nitrogens is 1. The average molecular weight is 411 g/mol. The summed E-state index contributed by atoms with van der Waals surface area (Å²) in [5, 5.41) is 0. The standard InChI is InChI=1S/C24H26N2O2.ClH/c25-22-18-9-16-10-19(22)13-24(11-16,12-18)27-14-15-5-7-17(8-6-15)23-26-20-3-1-2-4-21(20)28-23;/h1-8,16,18-19,22H,9-14,25H2;1H. The fourth-order valence-electron chi connectivity index (χ4n) is 6.14. The number of para-hydroxylation sites is 2. The molecule has 4 aliphatic carbocycles. The van der Waals surface area contributed by atoms with Gasteiger partial charge in [0.1, 0.15) is 5.52 Å². The molecule has 0 amide bonds. The van der Waals surface area contributed by atoms with Gasteiger partial charge in [0.05, 0.1) is 12.2 Å². The third-order valence-electron chi connectivity index (χ3n) is 7.33. The highest BCUT2D eigenvalue weighted by molar-refractivity contribution is 5.85. The highest BCUT2D eigenvalue weighted by atomic mass is 35.5. The van der Waals surface area contributed by atoms with E-state index in [1.54, 1.807) is 0 Å². The molecule has 2 aromatic carbocycles. The van der Waals surface area contributed by atoms with Gasteiger partial charge in [0.25, 0.3) is 0 Å². The number of hydrogen-bond acceptors (Lipinski definition) is 4. The van der Waals surface area contributed by atoms with E-state index in [0.717, 1.165) is 35.4 Å². The summed E-state index contributed by atoms with van der Waals surface area (Å²) < 4.78 is 12.5. The Balaban J connectivity index is 0.00000181. The molecule has 29 heavy (non-hydrogen) atoms. The number of nitrogens with zero attached hydrogens (tertiary/aromatic N) is 1. The van der Waals surface area contributed by atoms with Gasteiger partial charge in [0.15, 0.2) is 5.58 Å². The highest BCUT2D eigenvalue weighted by Gasteiger charge is 2.55. The average Bonchev–Trinajstić information content (AvgIpc) is 3.14. The quantitative estimate of drug-likeness (QED) is 0.630. The molecule has 7 rings (SSSR count). The molecule has 0 aliphatic heterocycles. The van der Waals surface area contributed by atoms with E-state index in [2.05, 4.69) is 29.2 Å². The molecule has 5 heteroatoms. The summed E-state index contributed by atoms with van der Waals surface area (Å²) in [6.07, 6.45) is 6.18. The second-order valence-electron chi connectivity index (χ2n) is 9.20. The maximum absolute atomic E-state index is 6.58. The Morgan fingerprint density at radius 3 is 2.45 bits per heavy atom. The first-order chi connectivity index (χ1) is 13.7. The summed E-state index contributed by atoms with van der Waals surface area (Å²) >= 11 is 0. The zero-order chi connectivity index (χ0) is 18.7. The van der Waals surface area contributed by atoms with Gasteiger partial charge in [-0.15, -0.1) is 12.4 Å². The van der Waals surface area contributed by atoms with Gasteiger partial charge in [-0.3, -0.25) is 0 Å². The number of rotatable bonds is 4. The molecule has 4 aliphatic rings. The third-order valence-corrected chi connectivity index (χ3v) is 7.33. The van der Waals surface area contributed by atoms with Crippen molar-refractivity contribution in [1.29, 1.82) is 0 Å². The van der Waals surface area contributed by atoms with Crippen molar-refractivity contribution in [1.82, 2.24) is 4.98 Å². The lowest BCUT2D eigenvalue weighted by atomic mass is 9.52. The molecular formula is C24H27ClN2O2. The number of benzene rings is 2. The molecule has 0 spiro atoms. The number of halogens is 1. The van der Waals surface area contributed by atoms with Crippen LogP contribution in [0.25, 0.3) is 22.6 Å². The Bertz CT molecular complexity index is 966. The van der Waals surface area contributed by atoms with Crippen molar-refractivity contribution >= 4 is 23.5 Å². The molecule has 4 nitrogen and oxygen atoms in total. The number of ether oxygens (including phenoxy) is 1. The molecular weight excluding hydrogens is 384 g/mol. The van der Waals surface area contributed by atoms with Crippen LogP contribution >= 0.6 is 12.4 Å². The summed E-state index contributed by atoms with van der Waals surface area (Å²) in [5.41, 5.74) is 10.5. The molecule has 1 heterocycles. The van der Waals surface area contributed by atoms with Crippen LogP contribution in [0.4, 0.5) is 0 Å². The summed E-state index contributed by atoms with van der Waals surface area (Å²) in [6.45, 7) is 0.676. The van der Waals surface area contributed by atoms with Crippen LogP contribution in [0.2, 0.25) is 0 Å². The molecule has 2 atom stereocenters. The zero-order valence-corrected chi connectivity index (χ0v) is 17.2. The lowest BCUT2D eigenvalue weighted by molar-refractivity contribution is -0.174. The molecule has 0 saturated heterocycles. The van der Waals surface area contributed by atoms with E-state index in [1.807, 2.05) is 24.3 Å². The largest absolute Gasteiger partial charge is 0.436 e. The third kappa shape index (κ3) is 3.27. The maximum Gasteiger partial charge on any atom is 0.227 e. The topological polar surface area (TPSA) is 61.3 Å². The normalized spacial score (nSPS) is 32.4. The lowest BCUT2D eigenvalue weighted by Gasteiger charge is -2.58. The van der Waals surface area contributed by atoms with Gasteiger partial charge in [0.2, 0.25) is 5.89 Å². The van der Waals surface area contributed by atoms with Gasteiger partial charge in [-0.2, -0.15) is 0 Å². The van der Waals surface area contributed by atoms with Gasteiger partial charge < -0.3 is 14.9 Å². The SMILES string of the molecule is Cl.NC1C2CC3CC1CC(OCc1ccc(-c4nc5ccccc5o4)cc1)(C3)C2. The van der Waals surface area contributed by atoms with Gasteiger partial charge in [-0.05, 0) is 79.7 Å². The van der Waals surface area contributed by atoms with Crippen LogP contribution in [-0.4, -0.2) is 16.6 Å². The van der Waals surface area contributed by atoms with E-state index in [4.69, 9.17) is 14.9 Å². The van der Waals surface area contributed by atoms with Crippen molar-refractivity contribution < 1.29 is 9.15 Å². The second-order valence-corrected chi connectivity index (χ2v) is 9.20. The van der Waals surface area contributed by atoms with Crippen LogP contribution in [0.5, 0.6) is 0 Å². The Morgan fingerprint density at radius 1 is 1.00 bits per heavy atom. The minimum Gasteiger partial charge on any atom is -0.436 e. The van der Waals surface area contributed by atoms with E-state index in [-0.39, 0.29) is 18.0 Å². The first kappa shape index (κ1) is 19.1. The first-order valence-corrected chi connectivity index (χ1v) is 10.5. The Morgan fingerprint density at radius 2 is 1.72 bits per heavy atom. The minimum absolute atomic E-state index is 0.